The van der Waals surface area contributed by atoms with Crippen LogP contribution in [0.15, 0.2) is 48.5 Å². The molecular weight excluding hydrogens is 309 g/mol. The second kappa shape index (κ2) is 7.73. The second-order valence-electron chi connectivity index (χ2n) is 4.73. The van der Waals surface area contributed by atoms with Crippen LogP contribution in [0.25, 0.3) is 0 Å². The molecule has 0 heterocycles. The summed E-state index contributed by atoms with van der Waals surface area (Å²) in [7, 11) is 1.38. The predicted molar refractivity (Wildman–Crippen MR) is 81.4 cm³/mol. The number of hydrogen-bond donors (Lipinski definition) is 2. The zero-order chi connectivity index (χ0) is 16.7. The molecule has 2 aromatic rings. The average Bonchev–Trinajstić information content (AvgIpc) is 2.53. The average molecular weight is 326 g/mol. The van der Waals surface area contributed by atoms with E-state index in [-0.39, 0.29) is 11.5 Å². The molecule has 0 aliphatic rings. The van der Waals surface area contributed by atoms with Gasteiger partial charge in [-0.2, -0.15) is 13.2 Å². The van der Waals surface area contributed by atoms with Crippen LogP contribution in [0.2, 0.25) is 0 Å². The van der Waals surface area contributed by atoms with Crippen molar-refractivity contribution in [1.29, 1.82) is 0 Å². The Balaban J connectivity index is 1.93. The molecule has 23 heavy (non-hydrogen) atoms. The summed E-state index contributed by atoms with van der Waals surface area (Å²) in [5.74, 6) is 0.317. The number of methoxy groups -OCH3 is 1. The van der Waals surface area contributed by atoms with Crippen molar-refractivity contribution in [3.63, 3.8) is 0 Å². The van der Waals surface area contributed by atoms with Gasteiger partial charge in [-0.3, -0.25) is 0 Å². The standard InChI is InChI=1S/C16H17F3N2O2/c1-22-15-9-12(7-8-14(15)23-11-16(17,18)19)10-20-21-13-5-3-2-4-6-13/h2-9,20-21H,10-11H2,1H3. The number of nitrogens with one attached hydrogen (secondary N) is 2. The summed E-state index contributed by atoms with van der Waals surface area (Å²) in [5, 5.41) is 0. The van der Waals surface area contributed by atoms with E-state index in [1.807, 2.05) is 30.3 Å². The van der Waals surface area contributed by atoms with Crippen LogP contribution in [-0.2, 0) is 6.54 Å². The Hall–Kier alpha value is -2.41. The van der Waals surface area contributed by atoms with Crippen LogP contribution in [-0.4, -0.2) is 19.9 Å². The van der Waals surface area contributed by atoms with Crippen LogP contribution >= 0.6 is 0 Å². The van der Waals surface area contributed by atoms with Crippen LogP contribution < -0.4 is 20.3 Å². The lowest BCUT2D eigenvalue weighted by Gasteiger charge is -2.14. The molecule has 0 amide bonds. The largest absolute Gasteiger partial charge is 0.493 e. The van der Waals surface area contributed by atoms with E-state index >= 15 is 0 Å². The fraction of sp³-hybridized carbons (Fsp3) is 0.250. The van der Waals surface area contributed by atoms with Crippen molar-refractivity contribution in [2.24, 2.45) is 0 Å². The number of anilines is 1. The molecule has 0 fully saturated rings. The van der Waals surface area contributed by atoms with Gasteiger partial charge in [0.15, 0.2) is 18.1 Å². The summed E-state index contributed by atoms with van der Waals surface area (Å²) in [6.07, 6.45) is -4.38. The highest BCUT2D eigenvalue weighted by Gasteiger charge is 2.29. The summed E-state index contributed by atoms with van der Waals surface area (Å²) in [5.41, 5.74) is 7.78. The molecule has 0 aromatic heterocycles. The first kappa shape index (κ1) is 17.0. The fourth-order valence-corrected chi connectivity index (χ4v) is 1.87. The van der Waals surface area contributed by atoms with Crippen molar-refractivity contribution < 1.29 is 22.6 Å². The van der Waals surface area contributed by atoms with E-state index in [2.05, 4.69) is 10.9 Å². The molecule has 0 saturated heterocycles. The molecule has 2 rings (SSSR count). The molecule has 0 spiro atoms. The number of ether oxygens (including phenoxy) is 2. The molecule has 2 N–H and O–H groups in total. The lowest BCUT2D eigenvalue weighted by atomic mass is 10.2. The number of rotatable bonds is 7. The molecule has 2 aromatic carbocycles. The SMILES string of the molecule is COc1cc(CNNc2ccccc2)ccc1OCC(F)(F)F. The molecule has 4 nitrogen and oxygen atoms in total. The molecule has 124 valence electrons. The number of alkyl halides is 3. The third kappa shape index (κ3) is 5.71. The summed E-state index contributed by atoms with van der Waals surface area (Å²) in [6.45, 7) is -0.888. The van der Waals surface area contributed by atoms with E-state index in [0.717, 1.165) is 11.3 Å². The van der Waals surface area contributed by atoms with E-state index in [9.17, 15) is 13.2 Å². The normalized spacial score (nSPS) is 11.1. The summed E-state index contributed by atoms with van der Waals surface area (Å²) >= 11 is 0. The highest BCUT2D eigenvalue weighted by Crippen LogP contribution is 2.29. The lowest BCUT2D eigenvalue weighted by molar-refractivity contribution is -0.153. The molecular formula is C16H17F3N2O2. The molecule has 0 bridgehead atoms. The van der Waals surface area contributed by atoms with Gasteiger partial charge in [0.05, 0.1) is 7.11 Å². The van der Waals surface area contributed by atoms with E-state index in [4.69, 9.17) is 9.47 Å². The minimum atomic E-state index is -4.38. The third-order valence-electron chi connectivity index (χ3n) is 2.92. The van der Waals surface area contributed by atoms with Crippen LogP contribution in [0, 0.1) is 0 Å². The Labute approximate surface area is 132 Å². The molecule has 0 aliphatic heterocycles. The maximum Gasteiger partial charge on any atom is 0.422 e. The Morgan fingerprint density at radius 1 is 1.00 bits per heavy atom. The Bertz CT molecular complexity index is 618. The van der Waals surface area contributed by atoms with E-state index in [1.54, 1.807) is 12.1 Å². The van der Waals surface area contributed by atoms with Crippen molar-refractivity contribution in [2.75, 3.05) is 19.1 Å². The van der Waals surface area contributed by atoms with Crippen LogP contribution in [0.3, 0.4) is 0 Å². The zero-order valence-corrected chi connectivity index (χ0v) is 12.5. The summed E-state index contributed by atoms with van der Waals surface area (Å²) in [4.78, 5) is 0. The van der Waals surface area contributed by atoms with Gasteiger partial charge in [-0.05, 0) is 29.8 Å². The lowest BCUT2D eigenvalue weighted by Crippen LogP contribution is -2.21. The molecule has 0 atom stereocenters. The van der Waals surface area contributed by atoms with Gasteiger partial charge in [0.1, 0.15) is 0 Å². The van der Waals surface area contributed by atoms with Crippen molar-refractivity contribution in [1.82, 2.24) is 5.43 Å². The number of benzene rings is 2. The number of para-hydroxylation sites is 1. The highest BCUT2D eigenvalue weighted by molar-refractivity contribution is 5.44. The molecule has 7 heteroatoms. The maximum atomic E-state index is 12.2. The smallest absolute Gasteiger partial charge is 0.422 e. The van der Waals surface area contributed by atoms with Gasteiger partial charge >= 0.3 is 6.18 Å². The number of halogens is 3. The van der Waals surface area contributed by atoms with E-state index in [0.29, 0.717) is 6.54 Å². The van der Waals surface area contributed by atoms with Crippen molar-refractivity contribution >= 4 is 5.69 Å². The minimum absolute atomic E-state index is 0.0598. The second-order valence-corrected chi connectivity index (χ2v) is 4.73. The van der Waals surface area contributed by atoms with Crippen LogP contribution in [0.4, 0.5) is 18.9 Å². The van der Waals surface area contributed by atoms with Gasteiger partial charge in [-0.1, -0.05) is 24.3 Å². The Kier molecular flexibility index (Phi) is 5.70. The zero-order valence-electron chi connectivity index (χ0n) is 12.5. The van der Waals surface area contributed by atoms with Crippen molar-refractivity contribution in [3.8, 4) is 11.5 Å². The van der Waals surface area contributed by atoms with Gasteiger partial charge in [0.2, 0.25) is 0 Å². The summed E-state index contributed by atoms with van der Waals surface area (Å²) in [6, 6.07) is 14.3. The van der Waals surface area contributed by atoms with Crippen molar-refractivity contribution in [2.45, 2.75) is 12.7 Å². The fourth-order valence-electron chi connectivity index (χ4n) is 1.87. The van der Waals surface area contributed by atoms with Gasteiger partial charge in [0, 0.05) is 12.2 Å². The molecule has 0 unspecified atom stereocenters. The number of hydrogen-bond acceptors (Lipinski definition) is 4. The van der Waals surface area contributed by atoms with Gasteiger partial charge in [-0.15, -0.1) is 0 Å². The van der Waals surface area contributed by atoms with Crippen LogP contribution in [0.1, 0.15) is 5.56 Å². The van der Waals surface area contributed by atoms with Crippen LogP contribution in [0.5, 0.6) is 11.5 Å². The molecule has 0 saturated carbocycles. The quantitative estimate of drug-likeness (QED) is 0.761. The molecule has 0 aliphatic carbocycles. The minimum Gasteiger partial charge on any atom is -0.493 e. The summed E-state index contributed by atoms with van der Waals surface area (Å²) < 4.78 is 46.4. The van der Waals surface area contributed by atoms with Gasteiger partial charge in [-0.25, -0.2) is 5.43 Å². The van der Waals surface area contributed by atoms with E-state index < -0.39 is 12.8 Å². The van der Waals surface area contributed by atoms with E-state index in [1.165, 1.54) is 13.2 Å². The number of hydrazine groups is 1. The Morgan fingerprint density at radius 3 is 2.39 bits per heavy atom. The Morgan fingerprint density at radius 2 is 1.74 bits per heavy atom. The van der Waals surface area contributed by atoms with Gasteiger partial charge in [0.25, 0.3) is 0 Å². The van der Waals surface area contributed by atoms with Crippen molar-refractivity contribution in [3.05, 3.63) is 54.1 Å². The highest BCUT2D eigenvalue weighted by atomic mass is 19.4. The monoisotopic (exact) mass is 326 g/mol. The maximum absolute atomic E-state index is 12.2. The predicted octanol–water partition coefficient (Wildman–Crippen LogP) is 3.75. The first-order valence-corrected chi connectivity index (χ1v) is 6.88. The van der Waals surface area contributed by atoms with Gasteiger partial charge < -0.3 is 14.9 Å². The molecule has 0 radical (unpaired) electrons. The topological polar surface area (TPSA) is 42.5 Å². The third-order valence-corrected chi connectivity index (χ3v) is 2.92. The first-order chi connectivity index (χ1) is 11.0. The first-order valence-electron chi connectivity index (χ1n) is 6.88.